The van der Waals surface area contributed by atoms with Gasteiger partial charge in [-0.05, 0) is 52.2 Å². The molecule has 1 aromatic rings. The van der Waals surface area contributed by atoms with Crippen molar-refractivity contribution in [3.05, 3.63) is 34.4 Å². The number of nitro groups is 1. The number of rotatable bonds is 4. The molecule has 0 bridgehead atoms. The molecule has 2 saturated heterocycles. The third-order valence-electron chi connectivity index (χ3n) is 5.35. The van der Waals surface area contributed by atoms with Crippen LogP contribution in [0.1, 0.15) is 40.0 Å². The molecule has 2 amide bonds. The molecule has 1 unspecified atom stereocenters. The van der Waals surface area contributed by atoms with Gasteiger partial charge < -0.3 is 15.0 Å². The quantitative estimate of drug-likeness (QED) is 0.575. The van der Waals surface area contributed by atoms with Crippen molar-refractivity contribution in [3.63, 3.8) is 0 Å². The van der Waals surface area contributed by atoms with Crippen LogP contribution < -0.4 is 5.32 Å². The highest BCUT2D eigenvalue weighted by Crippen LogP contribution is 2.28. The molecule has 2 heterocycles. The number of hydrogen-bond acceptors (Lipinski definition) is 7. The molecule has 31 heavy (non-hydrogen) atoms. The number of likely N-dealkylation sites (tertiary alicyclic amines) is 2. The van der Waals surface area contributed by atoms with Gasteiger partial charge >= 0.3 is 6.09 Å². The normalized spacial score (nSPS) is 23.4. The van der Waals surface area contributed by atoms with E-state index in [0.29, 0.717) is 25.1 Å². The second-order valence-electron chi connectivity index (χ2n) is 8.85. The van der Waals surface area contributed by atoms with E-state index in [4.69, 9.17) is 4.74 Å². The molecule has 0 aliphatic carbocycles. The number of ether oxygens (including phenoxy) is 1. The Morgan fingerprint density at radius 3 is 2.52 bits per heavy atom. The van der Waals surface area contributed by atoms with Gasteiger partial charge in [-0.3, -0.25) is 19.8 Å². The highest BCUT2D eigenvalue weighted by Gasteiger charge is 2.45. The zero-order chi connectivity index (χ0) is 22.8. The lowest BCUT2D eigenvalue weighted by Crippen LogP contribution is -2.50. The number of carbonyl (C=O) groups excluding carboxylic acids is 2. The molecular weight excluding hydrogens is 402 g/mol. The number of hydrogen-bond donors (Lipinski definition) is 1. The molecule has 1 N–H and O–H groups in total. The predicted molar refractivity (Wildman–Crippen MR) is 112 cm³/mol. The van der Waals surface area contributed by atoms with Crippen LogP contribution in [-0.2, 0) is 9.53 Å². The van der Waals surface area contributed by atoms with Gasteiger partial charge in [0, 0.05) is 37.0 Å². The van der Waals surface area contributed by atoms with Gasteiger partial charge in [-0.1, -0.05) is 0 Å². The summed E-state index contributed by atoms with van der Waals surface area (Å²) >= 11 is 0. The summed E-state index contributed by atoms with van der Waals surface area (Å²) in [6, 6.07) is 6.69. The van der Waals surface area contributed by atoms with Gasteiger partial charge in [-0.2, -0.15) is 5.26 Å². The van der Waals surface area contributed by atoms with E-state index in [1.54, 1.807) is 37.8 Å². The zero-order valence-electron chi connectivity index (χ0n) is 17.9. The zero-order valence-corrected chi connectivity index (χ0v) is 17.9. The summed E-state index contributed by atoms with van der Waals surface area (Å²) < 4.78 is 5.51. The first kappa shape index (κ1) is 22.3. The monoisotopic (exact) mass is 429 g/mol. The topological polar surface area (TPSA) is 129 Å². The third-order valence-corrected chi connectivity index (χ3v) is 5.35. The highest BCUT2D eigenvalue weighted by molar-refractivity contribution is 5.87. The molecule has 2 fully saturated rings. The van der Waals surface area contributed by atoms with Gasteiger partial charge in [0.05, 0.1) is 11.0 Å². The number of benzene rings is 1. The van der Waals surface area contributed by atoms with E-state index >= 15 is 0 Å². The average Bonchev–Trinajstić information content (AvgIpc) is 3.33. The van der Waals surface area contributed by atoms with E-state index in [1.165, 1.54) is 17.0 Å². The van der Waals surface area contributed by atoms with Gasteiger partial charge in [-0.25, -0.2) is 4.79 Å². The van der Waals surface area contributed by atoms with Gasteiger partial charge in [0.25, 0.3) is 5.69 Å². The van der Waals surface area contributed by atoms with Gasteiger partial charge in [0.2, 0.25) is 5.91 Å². The first-order chi connectivity index (χ1) is 14.6. The van der Waals surface area contributed by atoms with Gasteiger partial charge in [0.15, 0.2) is 0 Å². The molecule has 10 heteroatoms. The number of nitriles is 1. The first-order valence-electron chi connectivity index (χ1n) is 10.3. The Balaban J connectivity index is 1.77. The number of amides is 2. The van der Waals surface area contributed by atoms with Crippen molar-refractivity contribution in [3.8, 4) is 6.07 Å². The van der Waals surface area contributed by atoms with Crippen LogP contribution in [0.25, 0.3) is 0 Å². The summed E-state index contributed by atoms with van der Waals surface area (Å²) in [4.78, 5) is 39.4. The molecule has 0 saturated carbocycles. The fourth-order valence-electron chi connectivity index (χ4n) is 3.97. The lowest BCUT2D eigenvalue weighted by atomic mass is 10.1. The summed E-state index contributed by atoms with van der Waals surface area (Å²) in [5, 5.41) is 23.4. The third kappa shape index (κ3) is 5.23. The Morgan fingerprint density at radius 1 is 1.26 bits per heavy atom. The molecular formula is C21H27N5O5. The maximum absolute atomic E-state index is 13.2. The van der Waals surface area contributed by atoms with Crippen LogP contribution in [0.2, 0.25) is 0 Å². The van der Waals surface area contributed by atoms with E-state index in [9.17, 15) is 25.0 Å². The number of carbonyl (C=O) groups is 2. The van der Waals surface area contributed by atoms with Crippen LogP contribution in [0.3, 0.4) is 0 Å². The van der Waals surface area contributed by atoms with E-state index in [0.717, 1.165) is 6.42 Å². The molecule has 166 valence electrons. The summed E-state index contributed by atoms with van der Waals surface area (Å²) in [7, 11) is 0. The molecule has 2 aliphatic heterocycles. The Labute approximate surface area is 180 Å². The first-order valence-corrected chi connectivity index (χ1v) is 10.3. The number of nitro benzene ring substituents is 1. The van der Waals surface area contributed by atoms with Gasteiger partial charge in [0.1, 0.15) is 17.7 Å². The molecule has 1 aromatic carbocycles. The van der Waals surface area contributed by atoms with Crippen LogP contribution in [0.5, 0.6) is 0 Å². The minimum absolute atomic E-state index is 0.0167. The fraction of sp³-hybridized carbons (Fsp3) is 0.571. The van der Waals surface area contributed by atoms with Crippen molar-refractivity contribution in [1.82, 2.24) is 9.80 Å². The number of non-ortho nitro benzene ring substituents is 1. The van der Waals surface area contributed by atoms with Gasteiger partial charge in [-0.15, -0.1) is 0 Å². The predicted octanol–water partition coefficient (Wildman–Crippen LogP) is 2.90. The molecule has 0 aromatic heterocycles. The minimum Gasteiger partial charge on any atom is -0.444 e. The standard InChI is InChI=1S/C21H27N5O5/c1-21(2,3)31-20(28)25-13-15(23-14-6-8-16(9-7-14)26(29)30)11-18(25)19(27)24-10-4-5-17(24)12-22/h6-9,15,17-18,23H,4-5,10-11,13H2,1-3H3/t15-,17-,18?/m0/s1. The molecule has 3 atom stereocenters. The maximum atomic E-state index is 13.2. The van der Waals surface area contributed by atoms with Crippen molar-refractivity contribution in [2.24, 2.45) is 0 Å². The lowest BCUT2D eigenvalue weighted by molar-refractivity contribution is -0.384. The summed E-state index contributed by atoms with van der Waals surface area (Å²) in [6.07, 6.45) is 1.16. The van der Waals surface area contributed by atoms with Crippen molar-refractivity contribution >= 4 is 23.4 Å². The van der Waals surface area contributed by atoms with E-state index < -0.39 is 28.7 Å². The minimum atomic E-state index is -0.737. The summed E-state index contributed by atoms with van der Waals surface area (Å²) in [6.45, 7) is 6.02. The molecule has 10 nitrogen and oxygen atoms in total. The SMILES string of the molecule is CC(C)(C)OC(=O)N1C[C@@H](Nc2ccc([N+](=O)[O-])cc2)CC1C(=O)N1CCC[C@H]1C#N. The smallest absolute Gasteiger partial charge is 0.411 e. The van der Waals surface area contributed by atoms with Crippen LogP contribution in [0.4, 0.5) is 16.2 Å². The Bertz CT molecular complexity index is 889. The number of anilines is 1. The van der Waals surface area contributed by atoms with Crippen molar-refractivity contribution in [1.29, 1.82) is 5.26 Å². The van der Waals surface area contributed by atoms with Crippen LogP contribution in [0, 0.1) is 21.4 Å². The largest absolute Gasteiger partial charge is 0.444 e. The average molecular weight is 429 g/mol. The number of nitrogens with zero attached hydrogens (tertiary/aromatic N) is 4. The van der Waals surface area contributed by atoms with E-state index in [-0.39, 0.29) is 24.2 Å². The van der Waals surface area contributed by atoms with Crippen molar-refractivity contribution in [2.45, 2.75) is 63.8 Å². The molecule has 0 spiro atoms. The van der Waals surface area contributed by atoms with Crippen LogP contribution >= 0.6 is 0 Å². The van der Waals surface area contributed by atoms with E-state index in [2.05, 4.69) is 11.4 Å². The summed E-state index contributed by atoms with van der Waals surface area (Å²) in [5.74, 6) is -0.247. The highest BCUT2D eigenvalue weighted by atomic mass is 16.6. The second-order valence-corrected chi connectivity index (χ2v) is 8.85. The molecule has 0 radical (unpaired) electrons. The Morgan fingerprint density at radius 2 is 1.94 bits per heavy atom. The Hall–Kier alpha value is -3.35. The van der Waals surface area contributed by atoms with Crippen molar-refractivity contribution < 1.29 is 19.2 Å². The maximum Gasteiger partial charge on any atom is 0.411 e. The Kier molecular flexibility index (Phi) is 6.34. The van der Waals surface area contributed by atoms with E-state index in [1.807, 2.05) is 0 Å². The van der Waals surface area contributed by atoms with Crippen LogP contribution in [-0.4, -0.2) is 63.5 Å². The summed E-state index contributed by atoms with van der Waals surface area (Å²) in [5.41, 5.74) is -0.0712. The van der Waals surface area contributed by atoms with Crippen LogP contribution in [0.15, 0.2) is 24.3 Å². The molecule has 3 rings (SSSR count). The fourth-order valence-corrected chi connectivity index (χ4v) is 3.97. The van der Waals surface area contributed by atoms with Crippen molar-refractivity contribution in [2.75, 3.05) is 18.4 Å². The molecule has 2 aliphatic rings. The number of nitrogens with one attached hydrogen (secondary N) is 1. The second kappa shape index (κ2) is 8.79. The lowest BCUT2D eigenvalue weighted by Gasteiger charge is -2.30.